The van der Waals surface area contributed by atoms with E-state index in [1.54, 1.807) is 0 Å². The molecule has 2 N–H and O–H groups in total. The van der Waals surface area contributed by atoms with Gasteiger partial charge >= 0.3 is 11.9 Å². The molecule has 0 aromatic carbocycles. The number of rotatable bonds is 4. The summed E-state index contributed by atoms with van der Waals surface area (Å²) in [5.41, 5.74) is 0. The highest BCUT2D eigenvalue weighted by molar-refractivity contribution is 5.82. The summed E-state index contributed by atoms with van der Waals surface area (Å²) in [6.07, 6.45) is 0.408. The lowest BCUT2D eigenvalue weighted by Crippen LogP contribution is -2.16. The van der Waals surface area contributed by atoms with Gasteiger partial charge in [0.05, 0.1) is 18.8 Å². The van der Waals surface area contributed by atoms with Gasteiger partial charge in [0.1, 0.15) is 6.10 Å². The maximum atomic E-state index is 10.6. The van der Waals surface area contributed by atoms with Crippen LogP contribution in [0.3, 0.4) is 0 Å². The van der Waals surface area contributed by atoms with Crippen molar-refractivity contribution in [1.82, 2.24) is 0 Å². The summed E-state index contributed by atoms with van der Waals surface area (Å²) in [5.74, 6) is -1.80. The van der Waals surface area contributed by atoms with Crippen molar-refractivity contribution in [3.05, 3.63) is 12.3 Å². The van der Waals surface area contributed by atoms with Crippen molar-refractivity contribution in [3.63, 3.8) is 0 Å². The van der Waals surface area contributed by atoms with Crippen LogP contribution in [0.4, 0.5) is 0 Å². The molecule has 0 fully saturated rings. The average Bonchev–Trinajstić information content (AvgIpc) is 1.84. The molecule has 0 amide bonds. The molecule has 0 aliphatic rings. The van der Waals surface area contributed by atoms with Crippen LogP contribution in [0.15, 0.2) is 12.3 Å². The molecule has 1 unspecified atom stereocenters. The van der Waals surface area contributed by atoms with E-state index in [1.165, 1.54) is 6.92 Å². The van der Waals surface area contributed by atoms with E-state index in [0.717, 1.165) is 6.08 Å². The number of aliphatic carboxylic acids is 1. The number of carbonyl (C=O) groups excluding carboxylic acids is 1. The van der Waals surface area contributed by atoms with E-state index in [2.05, 4.69) is 4.74 Å². The van der Waals surface area contributed by atoms with Crippen molar-refractivity contribution < 1.29 is 24.5 Å². The third kappa shape index (κ3) is 5.28. The molecular weight excluding hydrogens is 164 g/mol. The molecule has 68 valence electrons. The van der Waals surface area contributed by atoms with Crippen molar-refractivity contribution in [2.45, 2.75) is 19.4 Å². The zero-order valence-corrected chi connectivity index (χ0v) is 6.56. The molecule has 0 rings (SSSR count). The van der Waals surface area contributed by atoms with Gasteiger partial charge in [0.2, 0.25) is 0 Å². The summed E-state index contributed by atoms with van der Waals surface area (Å²) in [4.78, 5) is 20.7. The van der Waals surface area contributed by atoms with Gasteiger partial charge < -0.3 is 14.9 Å². The van der Waals surface area contributed by atoms with Crippen molar-refractivity contribution >= 4 is 11.9 Å². The van der Waals surface area contributed by atoms with Gasteiger partial charge in [-0.25, -0.2) is 4.79 Å². The maximum Gasteiger partial charge on any atom is 0.334 e. The molecule has 5 heteroatoms. The Kier molecular flexibility index (Phi) is 4.52. The van der Waals surface area contributed by atoms with Gasteiger partial charge in [-0.15, -0.1) is 0 Å². The monoisotopic (exact) mass is 174 g/mol. The first-order valence-corrected chi connectivity index (χ1v) is 3.29. The van der Waals surface area contributed by atoms with Crippen molar-refractivity contribution in [2.75, 3.05) is 0 Å². The van der Waals surface area contributed by atoms with Gasteiger partial charge in [-0.05, 0) is 6.92 Å². The zero-order valence-electron chi connectivity index (χ0n) is 6.56. The molecule has 0 saturated heterocycles. The molecule has 5 nitrogen and oxygen atoms in total. The third-order valence-electron chi connectivity index (χ3n) is 0.990. The van der Waals surface area contributed by atoms with Crippen molar-refractivity contribution in [1.29, 1.82) is 0 Å². The van der Waals surface area contributed by atoms with Crippen LogP contribution in [0.1, 0.15) is 13.3 Å². The van der Waals surface area contributed by atoms with E-state index in [4.69, 9.17) is 10.2 Å². The van der Waals surface area contributed by atoms with Gasteiger partial charge in [0.15, 0.2) is 0 Å². The lowest BCUT2D eigenvalue weighted by Gasteiger charge is -2.07. The van der Waals surface area contributed by atoms with E-state index in [9.17, 15) is 9.59 Å². The Morgan fingerprint density at radius 3 is 2.58 bits per heavy atom. The number of ether oxygens (including phenoxy) is 1. The van der Waals surface area contributed by atoms with Crippen molar-refractivity contribution in [3.8, 4) is 0 Å². The quantitative estimate of drug-likeness (QED) is 0.367. The molecule has 0 aromatic heterocycles. The predicted octanol–water partition coefficient (Wildman–Crippen LogP) is 0.465. The summed E-state index contributed by atoms with van der Waals surface area (Å²) in [7, 11) is 0. The van der Waals surface area contributed by atoms with Gasteiger partial charge in [-0.2, -0.15) is 0 Å². The number of aliphatic hydroxyl groups excluding tert-OH is 1. The first-order valence-electron chi connectivity index (χ1n) is 3.29. The number of hydrogen-bond acceptors (Lipinski definition) is 4. The second kappa shape index (κ2) is 5.17. The maximum absolute atomic E-state index is 10.6. The van der Waals surface area contributed by atoms with Crippen LogP contribution in [0.5, 0.6) is 0 Å². The molecule has 0 bridgehead atoms. The Bertz CT molecular complexity index is 196. The highest BCUT2D eigenvalue weighted by Gasteiger charge is 2.10. The van der Waals surface area contributed by atoms with E-state index in [-0.39, 0.29) is 6.42 Å². The fourth-order valence-electron chi connectivity index (χ4n) is 0.586. The van der Waals surface area contributed by atoms with E-state index in [0.29, 0.717) is 6.26 Å². The van der Waals surface area contributed by atoms with Gasteiger partial charge in [-0.1, -0.05) is 0 Å². The number of carboxylic acid groups (broad SMARTS) is 1. The molecule has 0 aliphatic heterocycles. The Balaban J connectivity index is 3.76. The molecule has 12 heavy (non-hydrogen) atoms. The average molecular weight is 174 g/mol. The molecule has 0 aliphatic carbocycles. The summed E-state index contributed by atoms with van der Waals surface area (Å²) < 4.78 is 4.54. The van der Waals surface area contributed by atoms with Crippen molar-refractivity contribution in [2.24, 2.45) is 0 Å². The minimum atomic E-state index is -1.04. The highest BCUT2D eigenvalue weighted by Crippen LogP contribution is 1.97. The molecule has 0 radical (unpaired) electrons. The topological polar surface area (TPSA) is 83.8 Å². The molecule has 0 heterocycles. The normalized spacial score (nSPS) is 12.8. The zero-order chi connectivity index (χ0) is 9.56. The summed E-state index contributed by atoms with van der Waals surface area (Å²) in [5, 5.41) is 16.4. The minimum absolute atomic E-state index is 0.245. The second-order valence-corrected chi connectivity index (χ2v) is 2.16. The summed E-state index contributed by atoms with van der Waals surface area (Å²) >= 11 is 0. The molecule has 1 atom stereocenters. The van der Waals surface area contributed by atoms with E-state index < -0.39 is 18.0 Å². The number of hydrogen-bond donors (Lipinski definition) is 2. The fourth-order valence-corrected chi connectivity index (χ4v) is 0.586. The first kappa shape index (κ1) is 10.5. The lowest BCUT2D eigenvalue weighted by atomic mass is 10.3. The fraction of sp³-hybridized carbons (Fsp3) is 0.429. The van der Waals surface area contributed by atoms with Crippen LogP contribution in [-0.2, 0) is 14.3 Å². The third-order valence-corrected chi connectivity index (χ3v) is 0.990. The van der Waals surface area contributed by atoms with E-state index >= 15 is 0 Å². The second-order valence-electron chi connectivity index (χ2n) is 2.16. The Morgan fingerprint density at radius 1 is 1.58 bits per heavy atom. The predicted molar refractivity (Wildman–Crippen MR) is 39.6 cm³/mol. The largest absolute Gasteiger partial charge is 0.515 e. The van der Waals surface area contributed by atoms with Crippen LogP contribution in [0, 0.1) is 0 Å². The van der Waals surface area contributed by atoms with Crippen LogP contribution < -0.4 is 0 Å². The summed E-state index contributed by atoms with van der Waals surface area (Å²) in [6.45, 7) is 1.46. The SMILES string of the molecule is CC(CC(=O)O)OC(=O)C=CO. The number of carboxylic acids is 1. The van der Waals surface area contributed by atoms with Gasteiger partial charge in [0.25, 0.3) is 0 Å². The van der Waals surface area contributed by atoms with Gasteiger partial charge in [0, 0.05) is 0 Å². The standard InChI is InChI=1S/C7H10O5/c1-5(4-6(9)10)12-7(11)2-3-8/h2-3,5,8H,4H2,1H3,(H,9,10). The van der Waals surface area contributed by atoms with Crippen LogP contribution in [0.2, 0.25) is 0 Å². The Morgan fingerprint density at radius 2 is 2.17 bits per heavy atom. The highest BCUT2D eigenvalue weighted by atomic mass is 16.5. The number of aliphatic hydroxyl groups is 1. The van der Waals surface area contributed by atoms with Crippen LogP contribution in [0.25, 0.3) is 0 Å². The molecule has 0 aromatic rings. The Hall–Kier alpha value is -1.52. The Labute approximate surface area is 69.3 Å². The van der Waals surface area contributed by atoms with Crippen LogP contribution in [-0.4, -0.2) is 28.3 Å². The molecule has 0 spiro atoms. The molecule has 0 saturated carbocycles. The molecular formula is C7H10O5. The van der Waals surface area contributed by atoms with Gasteiger partial charge in [-0.3, -0.25) is 4.79 Å². The van der Waals surface area contributed by atoms with Crippen LogP contribution >= 0.6 is 0 Å². The number of esters is 1. The lowest BCUT2D eigenvalue weighted by molar-refractivity contribution is -0.147. The number of carbonyl (C=O) groups is 2. The minimum Gasteiger partial charge on any atom is -0.515 e. The summed E-state index contributed by atoms with van der Waals surface area (Å²) in [6, 6.07) is 0. The van der Waals surface area contributed by atoms with E-state index in [1.807, 2.05) is 0 Å². The smallest absolute Gasteiger partial charge is 0.334 e. The first-order chi connectivity index (χ1) is 5.56.